The third-order valence-corrected chi connectivity index (χ3v) is 2.86. The predicted molar refractivity (Wildman–Crippen MR) is 50.0 cm³/mol. The Morgan fingerprint density at radius 2 is 2.19 bits per heavy atom. The summed E-state index contributed by atoms with van der Waals surface area (Å²) in [5, 5.41) is 9.01. The summed E-state index contributed by atoms with van der Waals surface area (Å²) in [5.74, 6) is -1.21. The highest BCUT2D eigenvalue weighted by Crippen LogP contribution is 2.36. The van der Waals surface area contributed by atoms with Gasteiger partial charge in [0.05, 0.1) is 0 Å². The van der Waals surface area contributed by atoms with Crippen LogP contribution in [0.1, 0.15) is 32.6 Å². The molecule has 1 aliphatic carbocycles. The fourth-order valence-electron chi connectivity index (χ4n) is 2.11. The number of carbonyl (C=O) groups is 1. The molecule has 0 aromatic rings. The van der Waals surface area contributed by atoms with Crippen LogP contribution in [0.3, 0.4) is 0 Å². The number of aliphatic carboxylic acids is 1. The van der Waals surface area contributed by atoms with Crippen LogP contribution in [0, 0.1) is 5.92 Å². The summed E-state index contributed by atoms with van der Waals surface area (Å²) >= 11 is 0. The van der Waals surface area contributed by atoms with Gasteiger partial charge in [0.1, 0.15) is 6.61 Å². The minimum absolute atomic E-state index is 0.0816. The summed E-state index contributed by atoms with van der Waals surface area (Å²) in [6.45, 7) is 0.333. The molecule has 94 valence electrons. The summed E-state index contributed by atoms with van der Waals surface area (Å²) in [6.07, 6.45) is -2.75. The topological polar surface area (TPSA) is 46.5 Å². The van der Waals surface area contributed by atoms with Crippen LogP contribution < -0.4 is 0 Å². The molecule has 0 aromatic carbocycles. The number of ether oxygens (including phenoxy) is 1. The molecular weight excluding hydrogens is 225 g/mol. The first-order chi connectivity index (χ1) is 7.25. The van der Waals surface area contributed by atoms with Crippen molar-refractivity contribution in [2.75, 3.05) is 6.61 Å². The zero-order chi connectivity index (χ0) is 12.4. The molecule has 6 heteroatoms. The maximum Gasteiger partial charge on any atom is 0.411 e. The highest BCUT2D eigenvalue weighted by atomic mass is 19.4. The molecule has 0 heterocycles. The van der Waals surface area contributed by atoms with E-state index in [1.54, 1.807) is 0 Å². The Bertz CT molecular complexity index is 265. The van der Waals surface area contributed by atoms with E-state index in [0.29, 0.717) is 6.42 Å². The molecule has 2 atom stereocenters. The number of halogens is 3. The van der Waals surface area contributed by atoms with Gasteiger partial charge in [0.2, 0.25) is 0 Å². The van der Waals surface area contributed by atoms with Crippen LogP contribution in [0.25, 0.3) is 0 Å². The maximum atomic E-state index is 12.0. The van der Waals surface area contributed by atoms with Gasteiger partial charge < -0.3 is 9.84 Å². The molecule has 0 aliphatic heterocycles. The molecule has 16 heavy (non-hydrogen) atoms. The van der Waals surface area contributed by atoms with Crippen LogP contribution >= 0.6 is 0 Å². The van der Waals surface area contributed by atoms with E-state index >= 15 is 0 Å². The van der Waals surface area contributed by atoms with E-state index in [4.69, 9.17) is 5.11 Å². The lowest BCUT2D eigenvalue weighted by atomic mass is 9.79. The monoisotopic (exact) mass is 240 g/mol. The van der Waals surface area contributed by atoms with Crippen molar-refractivity contribution in [3.05, 3.63) is 0 Å². The van der Waals surface area contributed by atoms with Crippen LogP contribution in [0.2, 0.25) is 0 Å². The molecule has 1 fully saturated rings. The van der Waals surface area contributed by atoms with Crippen LogP contribution in [-0.2, 0) is 9.53 Å². The van der Waals surface area contributed by atoms with Gasteiger partial charge in [-0.1, -0.05) is 13.3 Å². The standard InChI is InChI=1S/C10H15F3O3/c1-7-3-2-4-9(5-7,8(14)15)16-6-10(11,12)13/h7H,2-6H2,1H3,(H,14,15). The Morgan fingerprint density at radius 3 is 2.62 bits per heavy atom. The Labute approximate surface area is 91.6 Å². The maximum absolute atomic E-state index is 12.0. The second kappa shape index (κ2) is 4.61. The molecule has 0 amide bonds. The van der Waals surface area contributed by atoms with Crippen molar-refractivity contribution in [2.24, 2.45) is 5.92 Å². The largest absolute Gasteiger partial charge is 0.479 e. The first-order valence-corrected chi connectivity index (χ1v) is 5.19. The van der Waals surface area contributed by atoms with E-state index in [2.05, 4.69) is 4.74 Å². The van der Waals surface area contributed by atoms with Crippen LogP contribution in [0.15, 0.2) is 0 Å². The number of hydrogen-bond acceptors (Lipinski definition) is 2. The summed E-state index contributed by atoms with van der Waals surface area (Å²) in [7, 11) is 0. The molecule has 3 nitrogen and oxygen atoms in total. The number of rotatable bonds is 3. The van der Waals surface area contributed by atoms with E-state index < -0.39 is 24.4 Å². The molecule has 0 saturated heterocycles. The fourth-order valence-corrected chi connectivity index (χ4v) is 2.11. The first-order valence-electron chi connectivity index (χ1n) is 5.19. The minimum atomic E-state index is -4.48. The van der Waals surface area contributed by atoms with Crippen molar-refractivity contribution in [3.8, 4) is 0 Å². The van der Waals surface area contributed by atoms with Gasteiger partial charge in [0.25, 0.3) is 0 Å². The molecule has 0 radical (unpaired) electrons. The first kappa shape index (κ1) is 13.3. The van der Waals surface area contributed by atoms with Crippen molar-refractivity contribution in [2.45, 2.75) is 44.4 Å². The highest BCUT2D eigenvalue weighted by molar-refractivity contribution is 5.77. The second-order valence-corrected chi connectivity index (χ2v) is 4.40. The molecule has 1 N–H and O–H groups in total. The summed E-state index contributed by atoms with van der Waals surface area (Å²) in [4.78, 5) is 11.0. The Morgan fingerprint density at radius 1 is 1.56 bits per heavy atom. The Hall–Kier alpha value is -0.780. The zero-order valence-corrected chi connectivity index (χ0v) is 9.01. The Kier molecular flexibility index (Phi) is 3.83. The second-order valence-electron chi connectivity index (χ2n) is 4.40. The quantitative estimate of drug-likeness (QED) is 0.824. The predicted octanol–water partition coefficient (Wildman–Crippen LogP) is 2.60. The van der Waals surface area contributed by atoms with Gasteiger partial charge in [-0.15, -0.1) is 0 Å². The lowest BCUT2D eigenvalue weighted by Gasteiger charge is -2.36. The van der Waals surface area contributed by atoms with Gasteiger partial charge in [0, 0.05) is 0 Å². The van der Waals surface area contributed by atoms with Gasteiger partial charge in [-0.05, 0) is 25.2 Å². The van der Waals surface area contributed by atoms with Crippen LogP contribution in [-0.4, -0.2) is 29.5 Å². The fraction of sp³-hybridized carbons (Fsp3) is 0.900. The van der Waals surface area contributed by atoms with E-state index in [1.807, 2.05) is 6.92 Å². The Balaban J connectivity index is 2.69. The summed E-state index contributed by atoms with van der Waals surface area (Å²) in [6, 6.07) is 0. The highest BCUT2D eigenvalue weighted by Gasteiger charge is 2.45. The van der Waals surface area contributed by atoms with Crippen molar-refractivity contribution < 1.29 is 27.8 Å². The summed E-state index contributed by atoms with van der Waals surface area (Å²) < 4.78 is 40.7. The van der Waals surface area contributed by atoms with Crippen LogP contribution in [0.5, 0.6) is 0 Å². The van der Waals surface area contributed by atoms with E-state index in [9.17, 15) is 18.0 Å². The van der Waals surface area contributed by atoms with Gasteiger partial charge in [-0.2, -0.15) is 13.2 Å². The smallest absolute Gasteiger partial charge is 0.411 e. The van der Waals surface area contributed by atoms with Crippen molar-refractivity contribution >= 4 is 5.97 Å². The lowest BCUT2D eigenvalue weighted by molar-refractivity contribution is -0.220. The van der Waals surface area contributed by atoms with Crippen molar-refractivity contribution in [1.29, 1.82) is 0 Å². The van der Waals surface area contributed by atoms with Crippen molar-refractivity contribution in [1.82, 2.24) is 0 Å². The molecule has 0 bridgehead atoms. The van der Waals surface area contributed by atoms with Crippen molar-refractivity contribution in [3.63, 3.8) is 0 Å². The SMILES string of the molecule is CC1CCCC(OCC(F)(F)F)(C(=O)O)C1. The molecule has 2 unspecified atom stereocenters. The average Bonchev–Trinajstić information content (AvgIpc) is 2.13. The normalized spacial score (nSPS) is 31.4. The van der Waals surface area contributed by atoms with E-state index in [-0.39, 0.29) is 18.8 Å². The molecule has 0 spiro atoms. The molecule has 1 aliphatic rings. The number of alkyl halides is 3. The van der Waals surface area contributed by atoms with Gasteiger partial charge in [-0.25, -0.2) is 4.79 Å². The minimum Gasteiger partial charge on any atom is -0.479 e. The number of carboxylic acids is 1. The van der Waals surface area contributed by atoms with Gasteiger partial charge >= 0.3 is 12.1 Å². The summed E-state index contributed by atoms with van der Waals surface area (Å²) in [5.41, 5.74) is -1.65. The lowest BCUT2D eigenvalue weighted by Crippen LogP contribution is -2.47. The molecule has 1 rings (SSSR count). The number of carboxylic acid groups (broad SMARTS) is 1. The van der Waals surface area contributed by atoms with E-state index in [1.165, 1.54) is 0 Å². The third-order valence-electron chi connectivity index (χ3n) is 2.86. The molecule has 1 saturated carbocycles. The molecular formula is C10H15F3O3. The zero-order valence-electron chi connectivity index (χ0n) is 9.01. The van der Waals surface area contributed by atoms with E-state index in [0.717, 1.165) is 6.42 Å². The van der Waals surface area contributed by atoms with Gasteiger partial charge in [0.15, 0.2) is 5.60 Å². The van der Waals surface area contributed by atoms with Crippen LogP contribution in [0.4, 0.5) is 13.2 Å². The molecule has 0 aromatic heterocycles. The van der Waals surface area contributed by atoms with Gasteiger partial charge in [-0.3, -0.25) is 0 Å². The third kappa shape index (κ3) is 3.37. The average molecular weight is 240 g/mol. The number of hydrogen-bond donors (Lipinski definition) is 1.